The van der Waals surface area contributed by atoms with E-state index in [4.69, 9.17) is 19.9 Å². The summed E-state index contributed by atoms with van der Waals surface area (Å²) in [6, 6.07) is 8.31. The summed E-state index contributed by atoms with van der Waals surface area (Å²) in [7, 11) is 4.44. The third kappa shape index (κ3) is 4.20. The molecule has 0 aliphatic heterocycles. The Morgan fingerprint density at radius 2 is 1.70 bits per heavy atom. The van der Waals surface area contributed by atoms with Gasteiger partial charge in [-0.15, -0.1) is 0 Å². The highest BCUT2D eigenvalue weighted by atomic mass is 32.1. The van der Waals surface area contributed by atoms with Gasteiger partial charge < -0.3 is 25.3 Å². The molecule has 0 bridgehead atoms. The lowest BCUT2D eigenvalue weighted by molar-refractivity contribution is -0.114. The fraction of sp³-hybridized carbons (Fsp3) is 0.190. The van der Waals surface area contributed by atoms with E-state index in [-0.39, 0.29) is 11.7 Å². The molecule has 9 heteroatoms. The second-order valence-electron chi connectivity index (χ2n) is 6.25. The van der Waals surface area contributed by atoms with Crippen LogP contribution < -0.4 is 25.3 Å². The van der Waals surface area contributed by atoms with Gasteiger partial charge in [0.1, 0.15) is 0 Å². The Labute approximate surface area is 177 Å². The van der Waals surface area contributed by atoms with Crippen LogP contribution in [-0.4, -0.2) is 38.0 Å². The van der Waals surface area contributed by atoms with E-state index >= 15 is 0 Å². The summed E-state index contributed by atoms with van der Waals surface area (Å²) in [5.41, 5.74) is 7.51. The molecule has 3 aromatic rings. The van der Waals surface area contributed by atoms with Crippen LogP contribution in [-0.2, 0) is 4.79 Å². The van der Waals surface area contributed by atoms with Gasteiger partial charge >= 0.3 is 0 Å². The molecule has 0 unspecified atom stereocenters. The highest BCUT2D eigenvalue weighted by Crippen LogP contribution is 2.39. The number of nitrogens with one attached hydrogen (secondary N) is 1. The zero-order valence-electron chi connectivity index (χ0n) is 16.9. The molecule has 156 valence electrons. The smallest absolute Gasteiger partial charge is 0.221 e. The van der Waals surface area contributed by atoms with Crippen LogP contribution in [0, 0.1) is 0 Å². The van der Waals surface area contributed by atoms with Crippen LogP contribution in [0.25, 0.3) is 10.4 Å². The lowest BCUT2D eigenvalue weighted by atomic mass is 9.98. The molecule has 0 saturated carbocycles. The molecule has 8 nitrogen and oxygen atoms in total. The van der Waals surface area contributed by atoms with Crippen molar-refractivity contribution in [1.29, 1.82) is 0 Å². The summed E-state index contributed by atoms with van der Waals surface area (Å²) < 4.78 is 16.0. The van der Waals surface area contributed by atoms with E-state index in [1.54, 1.807) is 36.5 Å². The number of aromatic nitrogens is 1. The number of ether oxygens (including phenoxy) is 3. The van der Waals surface area contributed by atoms with Crippen molar-refractivity contribution in [3.05, 3.63) is 47.7 Å². The zero-order chi connectivity index (χ0) is 21.8. The molecule has 0 fully saturated rings. The highest BCUT2D eigenvalue weighted by Gasteiger charge is 2.21. The van der Waals surface area contributed by atoms with E-state index in [9.17, 15) is 9.59 Å². The van der Waals surface area contributed by atoms with Gasteiger partial charge in [-0.2, -0.15) is 0 Å². The molecule has 3 N–H and O–H groups in total. The van der Waals surface area contributed by atoms with Gasteiger partial charge in [-0.05, 0) is 29.8 Å². The summed E-state index contributed by atoms with van der Waals surface area (Å²) >= 11 is 1.31. The number of carbonyl (C=O) groups excluding carboxylic acids is 2. The minimum absolute atomic E-state index is 0.288. The fourth-order valence-corrected chi connectivity index (χ4v) is 3.65. The largest absolute Gasteiger partial charge is 0.493 e. The highest BCUT2D eigenvalue weighted by molar-refractivity contribution is 7.18. The predicted molar refractivity (Wildman–Crippen MR) is 116 cm³/mol. The molecule has 0 radical (unpaired) electrons. The first-order valence-corrected chi connectivity index (χ1v) is 9.67. The van der Waals surface area contributed by atoms with E-state index in [1.807, 2.05) is 0 Å². The van der Waals surface area contributed by atoms with Gasteiger partial charge in [-0.3, -0.25) is 9.59 Å². The van der Waals surface area contributed by atoms with Crippen molar-refractivity contribution in [1.82, 2.24) is 4.98 Å². The van der Waals surface area contributed by atoms with Gasteiger partial charge in [0.2, 0.25) is 11.7 Å². The van der Waals surface area contributed by atoms with E-state index in [1.165, 1.54) is 39.6 Å². The number of rotatable bonds is 7. The van der Waals surface area contributed by atoms with Crippen molar-refractivity contribution in [2.75, 3.05) is 32.4 Å². The molecule has 30 heavy (non-hydrogen) atoms. The third-order valence-corrected chi connectivity index (χ3v) is 5.19. The molecule has 0 atom stereocenters. The number of nitrogens with zero attached hydrogens (tertiary/aromatic N) is 1. The summed E-state index contributed by atoms with van der Waals surface area (Å²) in [5.74, 6) is 0.480. The maximum absolute atomic E-state index is 13.4. The van der Waals surface area contributed by atoms with Crippen LogP contribution in [0.2, 0.25) is 0 Å². The minimum atomic E-state index is -0.322. The molecule has 2 aromatic carbocycles. The van der Waals surface area contributed by atoms with Gasteiger partial charge in [0.25, 0.3) is 0 Å². The molecular weight excluding hydrogens is 406 g/mol. The SMILES string of the molecule is COc1cc(C(=O)c2cc(-c3cnc(N)s3)ccc2NC(C)=O)cc(OC)c1OC. The number of nitrogens with two attached hydrogens (primary N) is 1. The summed E-state index contributed by atoms with van der Waals surface area (Å²) in [4.78, 5) is 30.0. The first-order chi connectivity index (χ1) is 14.4. The van der Waals surface area contributed by atoms with Crippen LogP contribution in [0.3, 0.4) is 0 Å². The fourth-order valence-electron chi connectivity index (χ4n) is 2.97. The molecule has 0 saturated heterocycles. The third-order valence-electron chi connectivity index (χ3n) is 4.31. The molecule has 0 aliphatic carbocycles. The summed E-state index contributed by atoms with van der Waals surface area (Å²) in [5, 5.41) is 3.13. The van der Waals surface area contributed by atoms with Gasteiger partial charge in [0, 0.05) is 24.2 Å². The van der Waals surface area contributed by atoms with Crippen molar-refractivity contribution < 1.29 is 23.8 Å². The number of nitrogen functional groups attached to an aromatic ring is 1. The van der Waals surface area contributed by atoms with Crippen LogP contribution >= 0.6 is 11.3 Å². The number of carbonyl (C=O) groups is 2. The Kier molecular flexibility index (Phi) is 6.22. The maximum atomic E-state index is 13.4. The van der Waals surface area contributed by atoms with Gasteiger partial charge in [-0.25, -0.2) is 4.98 Å². The second kappa shape index (κ2) is 8.83. The standard InChI is InChI=1S/C21H21N3O5S/c1-11(25)24-15-6-5-12(18-10-23-21(22)30-18)7-14(15)19(26)13-8-16(27-2)20(29-4)17(9-13)28-3/h5-10H,1-4H3,(H2,22,23)(H,24,25). The molecule has 1 heterocycles. The van der Waals surface area contributed by atoms with Crippen molar-refractivity contribution in [2.45, 2.75) is 6.92 Å². The number of hydrogen-bond donors (Lipinski definition) is 2. The predicted octanol–water partition coefficient (Wildman–Crippen LogP) is 3.61. The van der Waals surface area contributed by atoms with Gasteiger partial charge in [0.15, 0.2) is 22.4 Å². The zero-order valence-corrected chi connectivity index (χ0v) is 17.8. The normalized spacial score (nSPS) is 10.4. The van der Waals surface area contributed by atoms with E-state index < -0.39 is 0 Å². The van der Waals surface area contributed by atoms with E-state index in [0.717, 1.165) is 10.4 Å². The molecule has 1 amide bonds. The Morgan fingerprint density at radius 1 is 1.03 bits per heavy atom. The quantitative estimate of drug-likeness (QED) is 0.554. The number of hydrogen-bond acceptors (Lipinski definition) is 8. The number of ketones is 1. The Bertz CT molecular complexity index is 1080. The number of anilines is 2. The van der Waals surface area contributed by atoms with Crippen LogP contribution in [0.5, 0.6) is 17.2 Å². The average molecular weight is 427 g/mol. The molecule has 1 aromatic heterocycles. The van der Waals surface area contributed by atoms with E-state index in [0.29, 0.717) is 39.2 Å². The van der Waals surface area contributed by atoms with E-state index in [2.05, 4.69) is 10.3 Å². The summed E-state index contributed by atoms with van der Waals surface area (Å²) in [6.07, 6.45) is 1.64. The summed E-state index contributed by atoms with van der Waals surface area (Å²) in [6.45, 7) is 1.38. The monoisotopic (exact) mass is 427 g/mol. The molecule has 3 rings (SSSR count). The number of benzene rings is 2. The maximum Gasteiger partial charge on any atom is 0.221 e. The number of methoxy groups -OCH3 is 3. The van der Waals surface area contributed by atoms with Crippen LogP contribution in [0.4, 0.5) is 10.8 Å². The van der Waals surface area contributed by atoms with Crippen molar-refractivity contribution in [3.8, 4) is 27.7 Å². The average Bonchev–Trinajstić information content (AvgIpc) is 3.18. The topological polar surface area (TPSA) is 113 Å². The Balaban J connectivity index is 2.14. The lowest BCUT2D eigenvalue weighted by Crippen LogP contribution is -2.12. The first kappa shape index (κ1) is 21.1. The van der Waals surface area contributed by atoms with Crippen LogP contribution in [0.15, 0.2) is 36.5 Å². The number of thiazole rings is 1. The lowest BCUT2D eigenvalue weighted by Gasteiger charge is -2.15. The van der Waals surface area contributed by atoms with Crippen LogP contribution in [0.1, 0.15) is 22.8 Å². The Hall–Kier alpha value is -3.59. The number of amides is 1. The van der Waals surface area contributed by atoms with Crippen molar-refractivity contribution in [2.24, 2.45) is 0 Å². The molecule has 0 spiro atoms. The molecular formula is C21H21N3O5S. The first-order valence-electron chi connectivity index (χ1n) is 8.86. The second-order valence-corrected chi connectivity index (χ2v) is 7.31. The van der Waals surface area contributed by atoms with Gasteiger partial charge in [-0.1, -0.05) is 17.4 Å². The molecule has 0 aliphatic rings. The van der Waals surface area contributed by atoms with Crippen molar-refractivity contribution >= 4 is 33.8 Å². The van der Waals surface area contributed by atoms with Crippen molar-refractivity contribution in [3.63, 3.8) is 0 Å². The van der Waals surface area contributed by atoms with Gasteiger partial charge in [0.05, 0.1) is 31.9 Å². The minimum Gasteiger partial charge on any atom is -0.493 e. The Morgan fingerprint density at radius 3 is 2.20 bits per heavy atom.